The zero-order valence-electron chi connectivity index (χ0n) is 21.7. The van der Waals surface area contributed by atoms with Crippen molar-refractivity contribution in [2.24, 2.45) is 0 Å². The zero-order valence-corrected chi connectivity index (χ0v) is 21.7. The van der Waals surface area contributed by atoms with E-state index < -0.39 is 0 Å². The molecule has 0 heterocycles. The van der Waals surface area contributed by atoms with E-state index in [-0.39, 0.29) is 16.6 Å². The van der Waals surface area contributed by atoms with Gasteiger partial charge in [-0.1, -0.05) is 91.3 Å². The quantitative estimate of drug-likeness (QED) is 0.385. The van der Waals surface area contributed by atoms with Crippen LogP contribution < -0.4 is 4.74 Å². The van der Waals surface area contributed by atoms with Gasteiger partial charge in [-0.3, -0.25) is 0 Å². The largest absolute Gasteiger partial charge is 0.507 e. The Bertz CT molecular complexity index is 1080. The third kappa shape index (κ3) is 5.79. The van der Waals surface area contributed by atoms with Gasteiger partial charge in [0.1, 0.15) is 11.5 Å². The number of phenolic OH excluding ortho intramolecular Hbond substituents is 1. The van der Waals surface area contributed by atoms with Crippen LogP contribution in [-0.2, 0) is 10.8 Å². The minimum Gasteiger partial charge on any atom is -0.507 e. The molecule has 176 valence electrons. The van der Waals surface area contributed by atoms with Crippen molar-refractivity contribution in [1.29, 1.82) is 0 Å². The lowest BCUT2D eigenvalue weighted by molar-refractivity contribution is 0.311. The smallest absolute Gasteiger partial charge is 0.135 e. The highest BCUT2D eigenvalue weighted by Gasteiger charge is 2.23. The Kier molecular flexibility index (Phi) is 7.26. The lowest BCUT2D eigenvalue weighted by Gasteiger charge is -2.27. The van der Waals surface area contributed by atoms with Crippen molar-refractivity contribution in [2.75, 3.05) is 6.61 Å². The molecule has 0 radical (unpaired) electrons. The van der Waals surface area contributed by atoms with Gasteiger partial charge in [-0.25, -0.2) is 0 Å². The molecular weight excluding hydrogens is 404 g/mol. The van der Waals surface area contributed by atoms with E-state index in [1.165, 1.54) is 16.7 Å². The van der Waals surface area contributed by atoms with Crippen molar-refractivity contribution in [2.45, 2.75) is 79.1 Å². The summed E-state index contributed by atoms with van der Waals surface area (Å²) in [6, 6.07) is 18.8. The second kappa shape index (κ2) is 9.63. The van der Waals surface area contributed by atoms with Crippen LogP contribution >= 0.6 is 0 Å². The third-order valence-corrected chi connectivity index (χ3v) is 6.15. The molecule has 0 saturated carbocycles. The van der Waals surface area contributed by atoms with E-state index in [1.54, 1.807) is 6.07 Å². The molecular formula is C31H40O2. The number of rotatable bonds is 6. The van der Waals surface area contributed by atoms with Crippen LogP contribution in [0.25, 0.3) is 22.3 Å². The summed E-state index contributed by atoms with van der Waals surface area (Å²) in [5, 5.41) is 10.7. The van der Waals surface area contributed by atoms with Crippen LogP contribution in [0.2, 0.25) is 0 Å². The average Bonchev–Trinajstić information content (AvgIpc) is 2.73. The average molecular weight is 445 g/mol. The van der Waals surface area contributed by atoms with Crippen molar-refractivity contribution in [1.82, 2.24) is 0 Å². The molecule has 3 rings (SSSR count). The van der Waals surface area contributed by atoms with Crippen LogP contribution in [0.5, 0.6) is 11.5 Å². The summed E-state index contributed by atoms with van der Waals surface area (Å²) in [4.78, 5) is 0. The fraction of sp³-hybridized carbons (Fsp3) is 0.419. The van der Waals surface area contributed by atoms with Crippen LogP contribution in [0.15, 0.2) is 54.6 Å². The molecule has 0 saturated heterocycles. The molecule has 2 heteroatoms. The highest BCUT2D eigenvalue weighted by Crippen LogP contribution is 2.44. The molecule has 0 aromatic heterocycles. The van der Waals surface area contributed by atoms with Gasteiger partial charge in [-0.15, -0.1) is 0 Å². The highest BCUT2D eigenvalue weighted by molar-refractivity contribution is 5.86. The van der Waals surface area contributed by atoms with Gasteiger partial charge in [-0.2, -0.15) is 0 Å². The van der Waals surface area contributed by atoms with Crippen LogP contribution in [-0.4, -0.2) is 11.7 Å². The van der Waals surface area contributed by atoms with E-state index in [9.17, 15) is 5.11 Å². The first-order chi connectivity index (χ1) is 15.4. The number of aryl methyl sites for hydroxylation is 1. The van der Waals surface area contributed by atoms with Crippen LogP contribution in [0.1, 0.15) is 78.0 Å². The Morgan fingerprint density at radius 3 is 1.88 bits per heavy atom. The first-order valence-electron chi connectivity index (χ1n) is 12.1. The van der Waals surface area contributed by atoms with Gasteiger partial charge in [-0.05, 0) is 64.6 Å². The molecule has 2 nitrogen and oxygen atoms in total. The standard InChI is InChI=1S/C31H40O2/c1-9-10-15-33-29-26(16-21(2)17-27(29)25-13-11-12-14-28(25)32)22-18-23(30(3,4)5)20-24(19-22)31(6,7)8/h11-14,16-20,32H,9-10,15H2,1-8H3. The second-order valence-corrected chi connectivity index (χ2v) is 11.2. The third-order valence-electron chi connectivity index (χ3n) is 6.15. The van der Waals surface area contributed by atoms with E-state index in [1.807, 2.05) is 18.2 Å². The Labute approximate surface area is 200 Å². The summed E-state index contributed by atoms with van der Waals surface area (Å²) in [6.45, 7) is 18.5. The van der Waals surface area contributed by atoms with Gasteiger partial charge >= 0.3 is 0 Å². The second-order valence-electron chi connectivity index (χ2n) is 11.2. The topological polar surface area (TPSA) is 29.5 Å². The van der Waals surface area contributed by atoms with Gasteiger partial charge in [0.25, 0.3) is 0 Å². The summed E-state index contributed by atoms with van der Waals surface area (Å²) in [5.74, 6) is 1.12. The SMILES string of the molecule is CCCCOc1c(-c2cc(C(C)(C)C)cc(C(C)(C)C)c2)cc(C)cc1-c1ccccc1O. The Morgan fingerprint density at radius 2 is 1.33 bits per heavy atom. The Hall–Kier alpha value is -2.74. The maximum absolute atomic E-state index is 10.7. The lowest BCUT2D eigenvalue weighted by atomic mass is 9.78. The molecule has 0 bridgehead atoms. The Morgan fingerprint density at radius 1 is 0.758 bits per heavy atom. The van der Waals surface area contributed by atoms with E-state index in [0.29, 0.717) is 6.61 Å². The minimum absolute atomic E-state index is 0.0313. The molecule has 0 aliphatic rings. The molecule has 3 aromatic rings. The number of para-hydroxylation sites is 1. The molecule has 0 aliphatic carbocycles. The van der Waals surface area contributed by atoms with Crippen molar-refractivity contribution >= 4 is 0 Å². The first-order valence-corrected chi connectivity index (χ1v) is 12.1. The van der Waals surface area contributed by atoms with Crippen molar-refractivity contribution in [3.63, 3.8) is 0 Å². The summed E-state index contributed by atoms with van der Waals surface area (Å²) in [6.07, 6.45) is 2.06. The molecule has 0 unspecified atom stereocenters. The van der Waals surface area contributed by atoms with Crippen molar-refractivity contribution < 1.29 is 9.84 Å². The van der Waals surface area contributed by atoms with E-state index in [4.69, 9.17) is 4.74 Å². The minimum atomic E-state index is 0.0313. The van der Waals surface area contributed by atoms with E-state index in [0.717, 1.165) is 40.8 Å². The van der Waals surface area contributed by atoms with Crippen LogP contribution in [0.3, 0.4) is 0 Å². The van der Waals surface area contributed by atoms with Crippen molar-refractivity contribution in [3.8, 4) is 33.8 Å². The van der Waals surface area contributed by atoms with Gasteiger partial charge in [0.2, 0.25) is 0 Å². The van der Waals surface area contributed by atoms with Crippen LogP contribution in [0.4, 0.5) is 0 Å². The number of phenols is 1. The zero-order chi connectivity index (χ0) is 24.4. The predicted molar refractivity (Wildman–Crippen MR) is 142 cm³/mol. The number of benzene rings is 3. The summed E-state index contributed by atoms with van der Waals surface area (Å²) < 4.78 is 6.47. The number of unbranched alkanes of at least 4 members (excludes halogenated alkanes) is 1. The maximum atomic E-state index is 10.7. The summed E-state index contributed by atoms with van der Waals surface area (Å²) in [5.41, 5.74) is 7.83. The molecule has 0 spiro atoms. The van der Waals surface area contributed by atoms with Gasteiger partial charge in [0.05, 0.1) is 6.61 Å². The number of hydrogen-bond donors (Lipinski definition) is 1. The molecule has 0 atom stereocenters. The molecule has 0 amide bonds. The molecule has 3 aromatic carbocycles. The fourth-order valence-electron chi connectivity index (χ4n) is 4.01. The van der Waals surface area contributed by atoms with Gasteiger partial charge in [0.15, 0.2) is 0 Å². The van der Waals surface area contributed by atoms with Gasteiger partial charge < -0.3 is 9.84 Å². The lowest BCUT2D eigenvalue weighted by Crippen LogP contribution is -2.16. The normalized spacial score (nSPS) is 12.1. The summed E-state index contributed by atoms with van der Waals surface area (Å²) >= 11 is 0. The van der Waals surface area contributed by atoms with E-state index in [2.05, 4.69) is 85.7 Å². The molecule has 0 fully saturated rings. The number of ether oxygens (including phenoxy) is 1. The fourth-order valence-corrected chi connectivity index (χ4v) is 4.01. The first kappa shape index (κ1) is 24.9. The van der Waals surface area contributed by atoms with Crippen molar-refractivity contribution in [3.05, 3.63) is 71.3 Å². The molecule has 0 aliphatic heterocycles. The molecule has 33 heavy (non-hydrogen) atoms. The number of aromatic hydroxyl groups is 1. The van der Waals surface area contributed by atoms with Crippen LogP contribution in [0, 0.1) is 6.92 Å². The predicted octanol–water partition coefficient (Wildman–Crippen LogP) is 8.81. The molecule has 1 N–H and O–H groups in total. The Balaban J connectivity index is 2.33. The monoisotopic (exact) mass is 444 g/mol. The number of hydrogen-bond acceptors (Lipinski definition) is 2. The van der Waals surface area contributed by atoms with E-state index >= 15 is 0 Å². The maximum Gasteiger partial charge on any atom is 0.135 e. The highest BCUT2D eigenvalue weighted by atomic mass is 16.5. The van der Waals surface area contributed by atoms with Gasteiger partial charge in [0, 0.05) is 16.7 Å². The summed E-state index contributed by atoms with van der Waals surface area (Å²) in [7, 11) is 0.